The molecule has 0 spiro atoms. The Labute approximate surface area is 112 Å². The first kappa shape index (κ1) is 12.3. The predicted octanol–water partition coefficient (Wildman–Crippen LogP) is 3.47. The van der Waals surface area contributed by atoms with Crippen molar-refractivity contribution < 1.29 is 0 Å². The zero-order chi connectivity index (χ0) is 12.6. The molecule has 0 atom stereocenters. The molecule has 0 amide bonds. The first-order chi connectivity index (χ1) is 8.02. The van der Waals surface area contributed by atoms with Gasteiger partial charge in [0.1, 0.15) is 0 Å². The van der Waals surface area contributed by atoms with Crippen LogP contribution in [0.4, 0.5) is 0 Å². The number of rotatable bonds is 1. The number of aromatic nitrogens is 2. The van der Waals surface area contributed by atoms with Crippen LogP contribution in [0.1, 0.15) is 11.1 Å². The topological polar surface area (TPSA) is 45.8 Å². The van der Waals surface area contributed by atoms with Crippen LogP contribution in [0, 0.1) is 13.8 Å². The Morgan fingerprint density at radius 2 is 2.00 bits per heavy atom. The minimum absolute atomic E-state index is 0.172. The van der Waals surface area contributed by atoms with Gasteiger partial charge in [0.05, 0.1) is 10.7 Å². The van der Waals surface area contributed by atoms with Crippen LogP contribution in [-0.4, -0.2) is 10.2 Å². The van der Waals surface area contributed by atoms with E-state index in [2.05, 4.69) is 26.1 Å². The Morgan fingerprint density at radius 1 is 1.29 bits per heavy atom. The van der Waals surface area contributed by atoms with Crippen LogP contribution in [0.3, 0.4) is 0 Å². The standard InChI is InChI=1S/C12H10BrClN2O/c1-6-7(2)12(17)16-15-11(6)10-8(13)4-3-5-9(10)14/h3-5H,1-2H3,(H,16,17). The van der Waals surface area contributed by atoms with E-state index in [0.29, 0.717) is 16.3 Å². The minimum Gasteiger partial charge on any atom is -0.268 e. The summed E-state index contributed by atoms with van der Waals surface area (Å²) >= 11 is 9.61. The van der Waals surface area contributed by atoms with Gasteiger partial charge in [-0.2, -0.15) is 5.10 Å². The number of nitrogens with zero attached hydrogens (tertiary/aromatic N) is 1. The second-order valence-electron chi connectivity index (χ2n) is 3.75. The maximum Gasteiger partial charge on any atom is 0.267 e. The molecule has 2 aromatic rings. The summed E-state index contributed by atoms with van der Waals surface area (Å²) in [6.07, 6.45) is 0. The van der Waals surface area contributed by atoms with Crippen molar-refractivity contribution in [2.24, 2.45) is 0 Å². The Hall–Kier alpha value is -1.13. The number of hydrogen-bond acceptors (Lipinski definition) is 2. The van der Waals surface area contributed by atoms with Crippen LogP contribution in [0.25, 0.3) is 11.3 Å². The van der Waals surface area contributed by atoms with E-state index in [4.69, 9.17) is 11.6 Å². The zero-order valence-corrected chi connectivity index (χ0v) is 11.7. The summed E-state index contributed by atoms with van der Waals surface area (Å²) in [6.45, 7) is 3.63. The Kier molecular flexibility index (Phi) is 3.35. The molecule has 5 heteroatoms. The molecule has 3 nitrogen and oxygen atoms in total. The first-order valence-electron chi connectivity index (χ1n) is 5.02. The van der Waals surface area contributed by atoms with Gasteiger partial charge in [0.2, 0.25) is 0 Å². The highest BCUT2D eigenvalue weighted by atomic mass is 79.9. The summed E-state index contributed by atoms with van der Waals surface area (Å²) in [6, 6.07) is 5.54. The quantitative estimate of drug-likeness (QED) is 0.876. The molecule has 88 valence electrons. The van der Waals surface area contributed by atoms with Gasteiger partial charge < -0.3 is 0 Å². The lowest BCUT2D eigenvalue weighted by Crippen LogP contribution is -2.14. The van der Waals surface area contributed by atoms with Crippen molar-refractivity contribution in [3.05, 3.63) is 49.2 Å². The molecule has 0 saturated carbocycles. The third-order valence-corrected chi connectivity index (χ3v) is 3.70. The van der Waals surface area contributed by atoms with Crippen LogP contribution in [0.5, 0.6) is 0 Å². The smallest absolute Gasteiger partial charge is 0.267 e. The maximum atomic E-state index is 11.4. The third-order valence-electron chi connectivity index (χ3n) is 2.73. The van der Waals surface area contributed by atoms with Crippen LogP contribution < -0.4 is 5.56 Å². The minimum atomic E-state index is -0.172. The normalized spacial score (nSPS) is 10.6. The number of benzene rings is 1. The van der Waals surface area contributed by atoms with E-state index in [0.717, 1.165) is 15.6 Å². The first-order valence-corrected chi connectivity index (χ1v) is 6.19. The van der Waals surface area contributed by atoms with Gasteiger partial charge in [-0.1, -0.05) is 33.6 Å². The number of halogens is 2. The summed E-state index contributed by atoms with van der Waals surface area (Å²) < 4.78 is 0.854. The SMILES string of the molecule is Cc1c(-c2c(Cl)cccc2Br)n[nH]c(=O)c1C. The molecular weight excluding hydrogens is 304 g/mol. The molecule has 1 aromatic carbocycles. The fourth-order valence-electron chi connectivity index (χ4n) is 1.59. The van der Waals surface area contributed by atoms with Crippen molar-refractivity contribution in [1.82, 2.24) is 10.2 Å². The number of nitrogens with one attached hydrogen (secondary N) is 1. The van der Waals surface area contributed by atoms with Crippen LogP contribution in [-0.2, 0) is 0 Å². The summed E-state index contributed by atoms with van der Waals surface area (Å²) in [7, 11) is 0. The van der Waals surface area contributed by atoms with E-state index >= 15 is 0 Å². The van der Waals surface area contributed by atoms with E-state index in [1.54, 1.807) is 13.0 Å². The number of H-pyrrole nitrogens is 1. The van der Waals surface area contributed by atoms with E-state index < -0.39 is 0 Å². The Bertz CT molecular complexity index is 617. The highest BCUT2D eigenvalue weighted by molar-refractivity contribution is 9.10. The van der Waals surface area contributed by atoms with Crippen molar-refractivity contribution in [3.8, 4) is 11.3 Å². The van der Waals surface area contributed by atoms with Gasteiger partial charge in [-0.05, 0) is 31.5 Å². The molecule has 0 aliphatic carbocycles. The second kappa shape index (κ2) is 4.63. The highest BCUT2D eigenvalue weighted by Gasteiger charge is 2.14. The van der Waals surface area contributed by atoms with E-state index in [9.17, 15) is 4.79 Å². The number of aromatic amines is 1. The van der Waals surface area contributed by atoms with Gasteiger partial charge in [-0.15, -0.1) is 0 Å². The average molecular weight is 314 g/mol. The molecule has 2 rings (SSSR count). The van der Waals surface area contributed by atoms with Crippen LogP contribution in [0.15, 0.2) is 27.5 Å². The predicted molar refractivity (Wildman–Crippen MR) is 72.5 cm³/mol. The third kappa shape index (κ3) is 2.15. The summed E-state index contributed by atoms with van der Waals surface area (Å²) in [4.78, 5) is 11.4. The summed E-state index contributed by atoms with van der Waals surface area (Å²) in [5, 5.41) is 7.15. The number of hydrogen-bond donors (Lipinski definition) is 1. The monoisotopic (exact) mass is 312 g/mol. The summed E-state index contributed by atoms with van der Waals surface area (Å²) in [5.74, 6) is 0. The summed E-state index contributed by atoms with van der Waals surface area (Å²) in [5.41, 5.74) is 2.81. The van der Waals surface area contributed by atoms with Crippen LogP contribution >= 0.6 is 27.5 Å². The molecular formula is C12H10BrClN2O. The van der Waals surface area contributed by atoms with Crippen LogP contribution in [0.2, 0.25) is 5.02 Å². The van der Waals surface area contributed by atoms with Gasteiger partial charge in [0, 0.05) is 15.6 Å². The fraction of sp³-hybridized carbons (Fsp3) is 0.167. The van der Waals surface area contributed by atoms with Crippen molar-refractivity contribution in [2.45, 2.75) is 13.8 Å². The second-order valence-corrected chi connectivity index (χ2v) is 5.01. The van der Waals surface area contributed by atoms with Crippen molar-refractivity contribution in [1.29, 1.82) is 0 Å². The van der Waals surface area contributed by atoms with E-state index in [1.165, 1.54) is 0 Å². The lowest BCUT2D eigenvalue weighted by Gasteiger charge is -2.10. The molecule has 0 saturated heterocycles. The molecule has 0 fully saturated rings. The molecule has 0 aliphatic heterocycles. The van der Waals surface area contributed by atoms with Crippen molar-refractivity contribution in [2.75, 3.05) is 0 Å². The molecule has 0 unspecified atom stereocenters. The molecule has 17 heavy (non-hydrogen) atoms. The van der Waals surface area contributed by atoms with Gasteiger partial charge in [0.15, 0.2) is 0 Å². The Balaban J connectivity index is 2.78. The van der Waals surface area contributed by atoms with Gasteiger partial charge in [-0.25, -0.2) is 5.10 Å². The van der Waals surface area contributed by atoms with Crippen molar-refractivity contribution in [3.63, 3.8) is 0 Å². The van der Waals surface area contributed by atoms with Gasteiger partial charge in [-0.3, -0.25) is 4.79 Å². The Morgan fingerprint density at radius 3 is 2.65 bits per heavy atom. The van der Waals surface area contributed by atoms with Gasteiger partial charge in [0.25, 0.3) is 5.56 Å². The zero-order valence-electron chi connectivity index (χ0n) is 9.34. The maximum absolute atomic E-state index is 11.4. The molecule has 1 heterocycles. The fourth-order valence-corrected chi connectivity index (χ4v) is 2.52. The molecule has 1 aromatic heterocycles. The molecule has 0 aliphatic rings. The largest absolute Gasteiger partial charge is 0.268 e. The van der Waals surface area contributed by atoms with Crippen molar-refractivity contribution >= 4 is 27.5 Å². The van der Waals surface area contributed by atoms with E-state index in [1.807, 2.05) is 19.1 Å². The van der Waals surface area contributed by atoms with Gasteiger partial charge >= 0.3 is 0 Å². The van der Waals surface area contributed by atoms with E-state index in [-0.39, 0.29) is 5.56 Å². The highest BCUT2D eigenvalue weighted by Crippen LogP contribution is 2.34. The molecule has 1 N–H and O–H groups in total. The lowest BCUT2D eigenvalue weighted by molar-refractivity contribution is 0.958. The molecule has 0 radical (unpaired) electrons. The average Bonchev–Trinajstić information content (AvgIpc) is 2.29. The molecule has 0 bridgehead atoms. The lowest BCUT2D eigenvalue weighted by atomic mass is 10.0.